The Kier molecular flexibility index (Phi) is 5.71. The highest BCUT2D eigenvalue weighted by Crippen LogP contribution is 2.20. The van der Waals surface area contributed by atoms with E-state index in [1.807, 2.05) is 0 Å². The van der Waals surface area contributed by atoms with Gasteiger partial charge in [0, 0.05) is 37.4 Å². The molecule has 1 aliphatic rings. The van der Waals surface area contributed by atoms with Gasteiger partial charge in [-0.3, -0.25) is 9.59 Å². The fourth-order valence-electron chi connectivity index (χ4n) is 2.87. The minimum absolute atomic E-state index is 0.0653. The number of Topliss-reactive ketones (excluding diaryl/α,β-unsaturated/α-hetero) is 1. The standard InChI is InChI=1S/C18H20N4O6S/c1-12(23)13-3-2-4-14(11-13)20-18(25)21-7-9-22(10-8-21)29(26,27)16-6-5-15(28-16)17(19)24/h2-6,11H,7-10H2,1H3,(H2,19,24)(H,20,25). The summed E-state index contributed by atoms with van der Waals surface area (Å²) in [5, 5.41) is 2.33. The van der Waals surface area contributed by atoms with Gasteiger partial charge in [-0.25, -0.2) is 13.2 Å². The molecule has 3 N–H and O–H groups in total. The molecule has 11 heteroatoms. The SMILES string of the molecule is CC(=O)c1cccc(NC(=O)N2CCN(S(=O)(=O)c3ccc(C(N)=O)o3)CC2)c1. The Labute approximate surface area is 167 Å². The van der Waals surface area contributed by atoms with E-state index >= 15 is 0 Å². The van der Waals surface area contributed by atoms with Gasteiger partial charge in [-0.1, -0.05) is 12.1 Å². The van der Waals surface area contributed by atoms with Gasteiger partial charge < -0.3 is 20.4 Å². The van der Waals surface area contributed by atoms with Gasteiger partial charge in [-0.2, -0.15) is 4.31 Å². The molecule has 0 unspecified atom stereocenters. The molecule has 3 amide bonds. The predicted octanol–water partition coefficient (Wildman–Crippen LogP) is 1.12. The number of amides is 3. The Balaban J connectivity index is 1.62. The Morgan fingerprint density at radius 2 is 1.76 bits per heavy atom. The maximum absolute atomic E-state index is 12.6. The van der Waals surface area contributed by atoms with Gasteiger partial charge in [-0.05, 0) is 31.2 Å². The summed E-state index contributed by atoms with van der Waals surface area (Å²) < 4.78 is 31.4. The summed E-state index contributed by atoms with van der Waals surface area (Å²) in [6, 6.07) is 8.55. The predicted molar refractivity (Wildman–Crippen MR) is 103 cm³/mol. The fraction of sp³-hybridized carbons (Fsp3) is 0.278. The van der Waals surface area contributed by atoms with Crippen LogP contribution in [0.25, 0.3) is 0 Å². The molecule has 2 aromatic rings. The highest BCUT2D eigenvalue weighted by atomic mass is 32.2. The molecule has 0 bridgehead atoms. The molecule has 0 saturated carbocycles. The van der Waals surface area contributed by atoms with E-state index in [0.29, 0.717) is 11.3 Å². The molecule has 1 saturated heterocycles. The van der Waals surface area contributed by atoms with E-state index in [1.165, 1.54) is 28.3 Å². The number of furan rings is 1. The molecule has 154 valence electrons. The number of urea groups is 1. The van der Waals surface area contributed by atoms with Crippen molar-refractivity contribution in [3.63, 3.8) is 0 Å². The number of hydrogen-bond acceptors (Lipinski definition) is 6. The zero-order valence-electron chi connectivity index (χ0n) is 15.6. The van der Waals surface area contributed by atoms with Crippen molar-refractivity contribution in [3.05, 3.63) is 47.7 Å². The first-order chi connectivity index (χ1) is 13.7. The van der Waals surface area contributed by atoms with Crippen LogP contribution in [0.1, 0.15) is 27.8 Å². The number of hydrogen-bond donors (Lipinski definition) is 2. The van der Waals surface area contributed by atoms with Gasteiger partial charge in [0.15, 0.2) is 11.5 Å². The maximum Gasteiger partial charge on any atom is 0.321 e. The van der Waals surface area contributed by atoms with E-state index < -0.39 is 22.0 Å². The number of anilines is 1. The molecular weight excluding hydrogens is 400 g/mol. The van der Waals surface area contributed by atoms with E-state index in [0.717, 1.165) is 0 Å². The van der Waals surface area contributed by atoms with Crippen LogP contribution in [-0.4, -0.2) is 61.5 Å². The fourth-order valence-corrected chi connectivity index (χ4v) is 4.20. The van der Waals surface area contributed by atoms with Crippen molar-refractivity contribution in [3.8, 4) is 0 Å². The molecule has 10 nitrogen and oxygen atoms in total. The lowest BCUT2D eigenvalue weighted by atomic mass is 10.1. The third-order valence-corrected chi connectivity index (χ3v) is 6.24. The van der Waals surface area contributed by atoms with E-state index in [4.69, 9.17) is 10.2 Å². The minimum atomic E-state index is -3.93. The van der Waals surface area contributed by atoms with Crippen LogP contribution in [0.15, 0.2) is 45.9 Å². The lowest BCUT2D eigenvalue weighted by molar-refractivity contribution is 0.0967. The number of sulfonamides is 1. The van der Waals surface area contributed by atoms with Crippen LogP contribution in [-0.2, 0) is 10.0 Å². The van der Waals surface area contributed by atoms with Crippen LogP contribution in [0.4, 0.5) is 10.5 Å². The molecule has 2 heterocycles. The number of piperazine rings is 1. The second-order valence-corrected chi connectivity index (χ2v) is 8.31. The first kappa shape index (κ1) is 20.6. The number of benzene rings is 1. The monoisotopic (exact) mass is 420 g/mol. The summed E-state index contributed by atoms with van der Waals surface area (Å²) in [6.07, 6.45) is 0. The first-order valence-electron chi connectivity index (χ1n) is 8.75. The van der Waals surface area contributed by atoms with Crippen LogP contribution in [0, 0.1) is 0 Å². The molecular formula is C18H20N4O6S. The Morgan fingerprint density at radius 1 is 1.07 bits per heavy atom. The van der Waals surface area contributed by atoms with Crippen molar-refractivity contribution in [1.82, 2.24) is 9.21 Å². The molecule has 0 aliphatic carbocycles. The first-order valence-corrected chi connectivity index (χ1v) is 10.2. The zero-order chi connectivity index (χ0) is 21.2. The van der Waals surface area contributed by atoms with Crippen LogP contribution in [0.3, 0.4) is 0 Å². The minimum Gasteiger partial charge on any atom is -0.438 e. The number of carbonyl (C=O) groups excluding carboxylic acids is 3. The van der Waals surface area contributed by atoms with Gasteiger partial charge in [0.1, 0.15) is 0 Å². The number of nitrogens with two attached hydrogens (primary N) is 1. The smallest absolute Gasteiger partial charge is 0.321 e. The molecule has 1 aliphatic heterocycles. The van der Waals surface area contributed by atoms with E-state index in [2.05, 4.69) is 5.32 Å². The Morgan fingerprint density at radius 3 is 2.34 bits per heavy atom. The molecule has 1 aromatic carbocycles. The molecule has 1 aromatic heterocycles. The van der Waals surface area contributed by atoms with Gasteiger partial charge in [0.2, 0.25) is 5.09 Å². The summed E-state index contributed by atoms with van der Waals surface area (Å²) in [5.74, 6) is -1.21. The van der Waals surface area contributed by atoms with E-state index in [9.17, 15) is 22.8 Å². The summed E-state index contributed by atoms with van der Waals surface area (Å²) >= 11 is 0. The van der Waals surface area contributed by atoms with Crippen molar-refractivity contribution in [1.29, 1.82) is 0 Å². The van der Waals surface area contributed by atoms with Crippen LogP contribution >= 0.6 is 0 Å². The maximum atomic E-state index is 12.6. The van der Waals surface area contributed by atoms with Gasteiger partial charge in [0.05, 0.1) is 0 Å². The number of rotatable bonds is 5. The summed E-state index contributed by atoms with van der Waals surface area (Å²) in [6.45, 7) is 1.90. The second-order valence-electron chi connectivity index (χ2n) is 6.44. The summed E-state index contributed by atoms with van der Waals surface area (Å²) in [4.78, 5) is 36.5. The number of ketones is 1. The van der Waals surface area contributed by atoms with Gasteiger partial charge in [0.25, 0.3) is 15.9 Å². The average molecular weight is 420 g/mol. The molecule has 29 heavy (non-hydrogen) atoms. The topological polar surface area (TPSA) is 143 Å². The van der Waals surface area contributed by atoms with Crippen molar-refractivity contribution in [2.24, 2.45) is 5.73 Å². The number of primary amides is 1. The van der Waals surface area contributed by atoms with Crippen molar-refractivity contribution in [2.75, 3.05) is 31.5 Å². The Hall–Kier alpha value is -3.18. The highest BCUT2D eigenvalue weighted by molar-refractivity contribution is 7.89. The summed E-state index contributed by atoms with van der Waals surface area (Å²) in [5.41, 5.74) is 6.04. The quantitative estimate of drug-likeness (QED) is 0.694. The molecule has 0 radical (unpaired) electrons. The Bertz CT molecular complexity index is 1050. The second kappa shape index (κ2) is 8.05. The molecule has 0 spiro atoms. The average Bonchev–Trinajstić information content (AvgIpc) is 3.20. The zero-order valence-corrected chi connectivity index (χ0v) is 16.4. The van der Waals surface area contributed by atoms with E-state index in [-0.39, 0.29) is 42.8 Å². The van der Waals surface area contributed by atoms with Crippen LogP contribution in [0.2, 0.25) is 0 Å². The van der Waals surface area contributed by atoms with Crippen molar-refractivity contribution >= 4 is 33.4 Å². The van der Waals surface area contributed by atoms with Gasteiger partial charge in [-0.15, -0.1) is 0 Å². The van der Waals surface area contributed by atoms with Crippen LogP contribution in [0.5, 0.6) is 0 Å². The third kappa shape index (κ3) is 4.46. The van der Waals surface area contributed by atoms with Crippen molar-refractivity contribution < 1.29 is 27.2 Å². The number of carbonyl (C=O) groups is 3. The number of nitrogens with one attached hydrogen (secondary N) is 1. The van der Waals surface area contributed by atoms with Crippen LogP contribution < -0.4 is 11.1 Å². The lowest BCUT2D eigenvalue weighted by Crippen LogP contribution is -2.51. The molecule has 0 atom stereocenters. The summed E-state index contributed by atoms with van der Waals surface area (Å²) in [7, 11) is -3.93. The molecule has 3 rings (SSSR count). The normalized spacial score (nSPS) is 15.1. The van der Waals surface area contributed by atoms with Crippen molar-refractivity contribution in [2.45, 2.75) is 12.0 Å². The highest BCUT2D eigenvalue weighted by Gasteiger charge is 2.32. The van der Waals surface area contributed by atoms with Gasteiger partial charge >= 0.3 is 6.03 Å². The number of nitrogens with zero attached hydrogens (tertiary/aromatic N) is 2. The lowest BCUT2D eigenvalue weighted by Gasteiger charge is -2.33. The molecule has 1 fully saturated rings. The third-order valence-electron chi connectivity index (χ3n) is 4.46. The van der Waals surface area contributed by atoms with E-state index in [1.54, 1.807) is 24.3 Å². The largest absolute Gasteiger partial charge is 0.438 e.